The van der Waals surface area contributed by atoms with Crippen molar-refractivity contribution in [1.82, 2.24) is 19.6 Å². The minimum Gasteiger partial charge on any atom is -0.307 e. The Morgan fingerprint density at radius 2 is 2.04 bits per heavy atom. The molecule has 1 amide bonds. The first-order valence-electron chi connectivity index (χ1n) is 8.28. The van der Waals surface area contributed by atoms with Crippen LogP contribution in [0, 0.1) is 6.92 Å². The molecule has 0 spiro atoms. The van der Waals surface area contributed by atoms with Gasteiger partial charge in [-0.2, -0.15) is 0 Å². The largest absolute Gasteiger partial charge is 0.307 e. The molecule has 6 nitrogen and oxygen atoms in total. The van der Waals surface area contributed by atoms with Crippen LogP contribution in [0.1, 0.15) is 27.0 Å². The summed E-state index contributed by atoms with van der Waals surface area (Å²) in [5.74, 6) is 0.298. The van der Waals surface area contributed by atoms with Gasteiger partial charge in [-0.3, -0.25) is 9.20 Å². The topological polar surface area (TPSA) is 72.2 Å². The number of nitrogens with zero attached hydrogens (tertiary/aromatic N) is 4. The van der Waals surface area contributed by atoms with E-state index in [0.29, 0.717) is 17.0 Å². The van der Waals surface area contributed by atoms with Crippen LogP contribution >= 0.6 is 0 Å². The van der Waals surface area contributed by atoms with Crippen molar-refractivity contribution < 1.29 is 4.79 Å². The number of benzene rings is 1. The van der Waals surface area contributed by atoms with Crippen LogP contribution in [-0.4, -0.2) is 25.5 Å². The molecule has 0 aliphatic rings. The number of aryl methyl sites for hydroxylation is 1. The summed E-state index contributed by atoms with van der Waals surface area (Å²) in [6, 6.07) is 15.7. The van der Waals surface area contributed by atoms with E-state index >= 15 is 0 Å². The van der Waals surface area contributed by atoms with Crippen molar-refractivity contribution in [3.05, 3.63) is 89.5 Å². The van der Waals surface area contributed by atoms with Crippen molar-refractivity contribution in [3.8, 4) is 0 Å². The minimum absolute atomic E-state index is 0.223. The monoisotopic (exact) mass is 343 g/mol. The molecular weight excluding hydrogens is 326 g/mol. The van der Waals surface area contributed by atoms with Crippen LogP contribution in [0.25, 0.3) is 5.65 Å². The molecule has 0 saturated heterocycles. The summed E-state index contributed by atoms with van der Waals surface area (Å²) in [5.41, 5.74) is 4.79. The fraction of sp³-hybridized carbons (Fsp3) is 0.100. The maximum absolute atomic E-state index is 12.4. The predicted molar refractivity (Wildman–Crippen MR) is 99.2 cm³/mol. The number of carbonyl (C=O) groups is 1. The molecule has 0 saturated carbocycles. The fourth-order valence-electron chi connectivity index (χ4n) is 2.81. The van der Waals surface area contributed by atoms with Gasteiger partial charge in [-0.05, 0) is 42.7 Å². The minimum atomic E-state index is -0.223. The molecule has 6 heteroatoms. The van der Waals surface area contributed by atoms with Crippen LogP contribution in [0.15, 0.2) is 67.3 Å². The van der Waals surface area contributed by atoms with Crippen molar-refractivity contribution in [2.45, 2.75) is 13.3 Å². The highest BCUT2D eigenvalue weighted by molar-refractivity contribution is 6.03. The first-order chi connectivity index (χ1) is 12.7. The van der Waals surface area contributed by atoms with Crippen LogP contribution in [0.2, 0.25) is 0 Å². The van der Waals surface area contributed by atoms with Gasteiger partial charge >= 0.3 is 0 Å². The van der Waals surface area contributed by atoms with Gasteiger partial charge in [-0.15, -0.1) is 10.2 Å². The summed E-state index contributed by atoms with van der Waals surface area (Å²) >= 11 is 0. The number of nitrogens with one attached hydrogen (secondary N) is 1. The fourth-order valence-corrected chi connectivity index (χ4v) is 2.81. The lowest BCUT2D eigenvalue weighted by molar-refractivity contribution is 0.102. The standard InChI is InChI=1S/C20H17N5O/c1-14-3-2-4-15(9-14)10-16-5-7-18(21-11-16)23-20(26)17-6-8-19-24-22-13-25(19)12-17/h2-9,11-13H,10H2,1H3,(H,21,23,26). The van der Waals surface area contributed by atoms with Gasteiger partial charge in [0.05, 0.1) is 5.56 Å². The summed E-state index contributed by atoms with van der Waals surface area (Å²) in [5, 5.41) is 10.5. The van der Waals surface area contributed by atoms with Crippen LogP contribution in [0.5, 0.6) is 0 Å². The second-order valence-electron chi connectivity index (χ2n) is 6.19. The van der Waals surface area contributed by atoms with Gasteiger partial charge in [0.1, 0.15) is 12.1 Å². The normalized spacial score (nSPS) is 10.8. The van der Waals surface area contributed by atoms with E-state index < -0.39 is 0 Å². The SMILES string of the molecule is Cc1cccc(Cc2ccc(NC(=O)c3ccc4nncn4c3)nc2)c1. The van der Waals surface area contributed by atoms with E-state index in [1.54, 1.807) is 35.3 Å². The molecule has 0 unspecified atom stereocenters. The number of fused-ring (bicyclic) bond motifs is 1. The van der Waals surface area contributed by atoms with Crippen LogP contribution in [-0.2, 0) is 6.42 Å². The van der Waals surface area contributed by atoms with Crippen LogP contribution < -0.4 is 5.32 Å². The highest BCUT2D eigenvalue weighted by atomic mass is 16.1. The van der Waals surface area contributed by atoms with E-state index in [9.17, 15) is 4.79 Å². The van der Waals surface area contributed by atoms with Gasteiger partial charge in [0.25, 0.3) is 5.91 Å². The van der Waals surface area contributed by atoms with Crippen molar-refractivity contribution in [1.29, 1.82) is 0 Å². The van der Waals surface area contributed by atoms with E-state index in [1.807, 2.05) is 12.1 Å². The maximum atomic E-state index is 12.4. The molecule has 0 radical (unpaired) electrons. The first kappa shape index (κ1) is 16.0. The number of anilines is 1. The Kier molecular flexibility index (Phi) is 4.15. The molecular formula is C20H17N5O. The number of pyridine rings is 2. The van der Waals surface area contributed by atoms with Gasteiger partial charge in [0.15, 0.2) is 5.65 Å². The molecule has 0 aliphatic carbocycles. The number of carbonyl (C=O) groups excluding carboxylic acids is 1. The number of hydrogen-bond acceptors (Lipinski definition) is 4. The molecule has 0 fully saturated rings. The Labute approximate surface area is 150 Å². The van der Waals surface area contributed by atoms with Gasteiger partial charge in [0.2, 0.25) is 0 Å². The summed E-state index contributed by atoms with van der Waals surface area (Å²) < 4.78 is 1.70. The van der Waals surface area contributed by atoms with E-state index in [-0.39, 0.29) is 5.91 Å². The maximum Gasteiger partial charge on any atom is 0.258 e. The molecule has 128 valence electrons. The summed E-state index contributed by atoms with van der Waals surface area (Å²) in [6.45, 7) is 2.08. The zero-order valence-electron chi connectivity index (χ0n) is 14.3. The molecule has 4 aromatic rings. The lowest BCUT2D eigenvalue weighted by Gasteiger charge is -2.07. The van der Waals surface area contributed by atoms with E-state index in [1.165, 1.54) is 11.1 Å². The number of amides is 1. The lowest BCUT2D eigenvalue weighted by Crippen LogP contribution is -2.13. The van der Waals surface area contributed by atoms with Crippen LogP contribution in [0.3, 0.4) is 0 Å². The molecule has 4 rings (SSSR count). The third kappa shape index (κ3) is 3.44. The number of hydrogen-bond donors (Lipinski definition) is 1. The molecule has 3 heterocycles. The molecule has 26 heavy (non-hydrogen) atoms. The second kappa shape index (κ2) is 6.76. The van der Waals surface area contributed by atoms with Crippen molar-refractivity contribution >= 4 is 17.4 Å². The summed E-state index contributed by atoms with van der Waals surface area (Å²) in [4.78, 5) is 16.7. The Balaban J connectivity index is 1.45. The number of rotatable bonds is 4. The third-order valence-corrected chi connectivity index (χ3v) is 4.11. The van der Waals surface area contributed by atoms with E-state index in [0.717, 1.165) is 12.0 Å². The van der Waals surface area contributed by atoms with Gasteiger partial charge in [0, 0.05) is 12.4 Å². The second-order valence-corrected chi connectivity index (χ2v) is 6.19. The highest BCUT2D eigenvalue weighted by Crippen LogP contribution is 2.13. The molecule has 0 atom stereocenters. The number of aromatic nitrogens is 4. The average molecular weight is 343 g/mol. The molecule has 3 aromatic heterocycles. The van der Waals surface area contributed by atoms with Gasteiger partial charge < -0.3 is 5.32 Å². The quantitative estimate of drug-likeness (QED) is 0.617. The summed E-state index contributed by atoms with van der Waals surface area (Å²) in [6.07, 6.45) is 5.86. The van der Waals surface area contributed by atoms with Crippen LogP contribution in [0.4, 0.5) is 5.82 Å². The highest BCUT2D eigenvalue weighted by Gasteiger charge is 2.08. The Bertz CT molecular complexity index is 1070. The van der Waals surface area contributed by atoms with Gasteiger partial charge in [-0.25, -0.2) is 4.98 Å². The van der Waals surface area contributed by atoms with E-state index in [2.05, 4.69) is 51.7 Å². The van der Waals surface area contributed by atoms with E-state index in [4.69, 9.17) is 0 Å². The Morgan fingerprint density at radius 3 is 2.85 bits per heavy atom. The van der Waals surface area contributed by atoms with Crippen molar-refractivity contribution in [2.75, 3.05) is 5.32 Å². The third-order valence-electron chi connectivity index (χ3n) is 4.11. The lowest BCUT2D eigenvalue weighted by atomic mass is 10.0. The van der Waals surface area contributed by atoms with Gasteiger partial charge in [-0.1, -0.05) is 35.9 Å². The molecule has 1 aromatic carbocycles. The zero-order chi connectivity index (χ0) is 17.9. The average Bonchev–Trinajstić information content (AvgIpc) is 3.11. The zero-order valence-corrected chi connectivity index (χ0v) is 14.3. The Morgan fingerprint density at radius 1 is 1.12 bits per heavy atom. The molecule has 0 aliphatic heterocycles. The Hall–Kier alpha value is -3.54. The smallest absolute Gasteiger partial charge is 0.258 e. The van der Waals surface area contributed by atoms with Crippen molar-refractivity contribution in [2.24, 2.45) is 0 Å². The molecule has 0 bridgehead atoms. The molecule has 1 N–H and O–H groups in total. The predicted octanol–water partition coefficient (Wildman–Crippen LogP) is 3.28. The van der Waals surface area contributed by atoms with Crippen molar-refractivity contribution in [3.63, 3.8) is 0 Å². The first-order valence-corrected chi connectivity index (χ1v) is 8.28. The summed E-state index contributed by atoms with van der Waals surface area (Å²) in [7, 11) is 0.